The Kier molecular flexibility index (Phi) is 7.14. The van der Waals surface area contributed by atoms with Crippen molar-refractivity contribution >= 4 is 54.1 Å². The summed E-state index contributed by atoms with van der Waals surface area (Å²) in [5.41, 5.74) is 8.56. The molecule has 0 amide bonds. The molecule has 4 heteroatoms. The van der Waals surface area contributed by atoms with Crippen LogP contribution in [0.25, 0.3) is 105 Å². The van der Waals surface area contributed by atoms with Crippen LogP contribution in [0.3, 0.4) is 0 Å². The highest BCUT2D eigenvalue weighted by molar-refractivity contribution is 6.18. The Morgan fingerprint density at radius 2 is 0.745 bits per heavy atom. The van der Waals surface area contributed by atoms with Crippen molar-refractivity contribution in [2.75, 3.05) is 0 Å². The predicted octanol–water partition coefficient (Wildman–Crippen LogP) is 13.1. The Labute approximate surface area is 317 Å². The molecule has 2 aromatic heterocycles. The van der Waals surface area contributed by atoms with Crippen LogP contribution in [0.1, 0.15) is 0 Å². The van der Waals surface area contributed by atoms with Crippen LogP contribution in [-0.2, 0) is 0 Å². The first kappa shape index (κ1) is 31.1. The van der Waals surface area contributed by atoms with Crippen molar-refractivity contribution in [2.24, 2.45) is 0 Å². The molecule has 0 saturated carbocycles. The van der Waals surface area contributed by atoms with Crippen LogP contribution in [0, 0.1) is 0 Å². The van der Waals surface area contributed by atoms with Gasteiger partial charge in [-0.15, -0.1) is 0 Å². The summed E-state index contributed by atoms with van der Waals surface area (Å²) >= 11 is 0. The van der Waals surface area contributed by atoms with Crippen molar-refractivity contribution in [1.29, 1.82) is 0 Å². The minimum atomic E-state index is 0.633. The van der Waals surface area contributed by atoms with Crippen molar-refractivity contribution in [3.63, 3.8) is 0 Å². The van der Waals surface area contributed by atoms with Gasteiger partial charge in [-0.3, -0.25) is 0 Å². The van der Waals surface area contributed by atoms with E-state index in [9.17, 15) is 0 Å². The SMILES string of the molecule is c1ccc(-c2ccc3c(-n4c5cc6ccccc6cc5c5cc6ccccc6cc54)ccc(-c4nc(-c5ccccc5)nc(-c5ccccc5)n4)c3c2)cc1. The van der Waals surface area contributed by atoms with Gasteiger partial charge in [0.2, 0.25) is 0 Å². The molecule has 55 heavy (non-hydrogen) atoms. The summed E-state index contributed by atoms with van der Waals surface area (Å²) in [6.45, 7) is 0. The zero-order valence-electron chi connectivity index (χ0n) is 29.8. The Hall–Kier alpha value is -7.43. The fraction of sp³-hybridized carbons (Fsp3) is 0. The smallest absolute Gasteiger partial charge is 0.164 e. The van der Waals surface area contributed by atoms with Gasteiger partial charge in [0.1, 0.15) is 0 Å². The molecule has 0 aliphatic heterocycles. The van der Waals surface area contributed by atoms with E-state index in [0.29, 0.717) is 17.5 Å². The van der Waals surface area contributed by atoms with Crippen LogP contribution >= 0.6 is 0 Å². The van der Waals surface area contributed by atoms with Crippen molar-refractivity contribution in [3.8, 4) is 51.0 Å². The molecule has 0 bridgehead atoms. The lowest BCUT2D eigenvalue weighted by atomic mass is 9.96. The van der Waals surface area contributed by atoms with Gasteiger partial charge in [-0.25, -0.2) is 15.0 Å². The minimum absolute atomic E-state index is 0.633. The van der Waals surface area contributed by atoms with Crippen molar-refractivity contribution in [3.05, 3.63) is 194 Å². The van der Waals surface area contributed by atoms with E-state index in [2.05, 4.69) is 162 Å². The third-order valence-electron chi connectivity index (χ3n) is 10.8. The maximum Gasteiger partial charge on any atom is 0.164 e. The van der Waals surface area contributed by atoms with Gasteiger partial charge in [0.15, 0.2) is 17.5 Å². The van der Waals surface area contributed by atoms with Crippen molar-refractivity contribution in [1.82, 2.24) is 19.5 Å². The Morgan fingerprint density at radius 1 is 0.291 bits per heavy atom. The first-order valence-electron chi connectivity index (χ1n) is 18.6. The molecule has 0 aliphatic carbocycles. The van der Waals surface area contributed by atoms with Crippen molar-refractivity contribution < 1.29 is 0 Å². The molecule has 0 aliphatic rings. The normalized spacial score (nSPS) is 11.6. The third-order valence-corrected chi connectivity index (χ3v) is 10.8. The first-order chi connectivity index (χ1) is 27.2. The maximum absolute atomic E-state index is 5.18. The molecule has 2 heterocycles. The lowest BCUT2D eigenvalue weighted by molar-refractivity contribution is 1.08. The number of nitrogens with zero attached hydrogens (tertiary/aromatic N) is 4. The number of hydrogen-bond acceptors (Lipinski definition) is 3. The molecule has 0 N–H and O–H groups in total. The predicted molar refractivity (Wildman–Crippen MR) is 228 cm³/mol. The summed E-state index contributed by atoms with van der Waals surface area (Å²) in [6, 6.07) is 68.8. The van der Waals surface area contributed by atoms with E-state index in [-0.39, 0.29) is 0 Å². The molecule has 0 unspecified atom stereocenters. The highest BCUT2D eigenvalue weighted by atomic mass is 15.0. The van der Waals surface area contributed by atoms with E-state index >= 15 is 0 Å². The molecule has 11 rings (SSSR count). The number of rotatable bonds is 5. The zero-order chi connectivity index (χ0) is 36.3. The van der Waals surface area contributed by atoms with Gasteiger partial charge in [0, 0.05) is 32.8 Å². The summed E-state index contributed by atoms with van der Waals surface area (Å²) in [5.74, 6) is 1.91. The summed E-state index contributed by atoms with van der Waals surface area (Å²) < 4.78 is 2.45. The van der Waals surface area contributed by atoms with E-state index < -0.39 is 0 Å². The van der Waals surface area contributed by atoms with Crippen LogP contribution in [0.4, 0.5) is 0 Å². The highest BCUT2D eigenvalue weighted by Gasteiger charge is 2.20. The molecule has 0 atom stereocenters. The average molecular weight is 701 g/mol. The van der Waals surface area contributed by atoms with Crippen LogP contribution in [0.2, 0.25) is 0 Å². The number of benzene rings is 9. The van der Waals surface area contributed by atoms with E-state index in [4.69, 9.17) is 15.0 Å². The van der Waals surface area contributed by atoms with Gasteiger partial charge in [-0.2, -0.15) is 0 Å². The topological polar surface area (TPSA) is 43.6 Å². The molecule has 0 saturated heterocycles. The number of hydrogen-bond donors (Lipinski definition) is 0. The molecule has 9 aromatic carbocycles. The van der Waals surface area contributed by atoms with E-state index in [0.717, 1.165) is 44.3 Å². The van der Waals surface area contributed by atoms with Crippen LogP contribution in [-0.4, -0.2) is 19.5 Å². The van der Waals surface area contributed by atoms with Gasteiger partial charge in [-0.05, 0) is 80.5 Å². The summed E-state index contributed by atoms with van der Waals surface area (Å²) in [4.78, 5) is 15.4. The fourth-order valence-corrected chi connectivity index (χ4v) is 8.11. The number of aromatic nitrogens is 4. The molecule has 0 fully saturated rings. The summed E-state index contributed by atoms with van der Waals surface area (Å²) in [5, 5.41) is 9.53. The molecule has 11 aromatic rings. The summed E-state index contributed by atoms with van der Waals surface area (Å²) in [6.07, 6.45) is 0. The molecule has 256 valence electrons. The zero-order valence-corrected chi connectivity index (χ0v) is 29.8. The Bertz CT molecular complexity index is 3090. The average Bonchev–Trinajstić information content (AvgIpc) is 3.56. The second-order valence-electron chi connectivity index (χ2n) is 14.1. The fourth-order valence-electron chi connectivity index (χ4n) is 8.11. The van der Waals surface area contributed by atoms with Gasteiger partial charge < -0.3 is 4.57 Å². The van der Waals surface area contributed by atoms with E-state index in [1.807, 2.05) is 36.4 Å². The van der Waals surface area contributed by atoms with E-state index in [1.54, 1.807) is 0 Å². The van der Waals surface area contributed by atoms with Gasteiger partial charge in [0.05, 0.1) is 16.7 Å². The quantitative estimate of drug-likeness (QED) is 0.179. The third kappa shape index (κ3) is 5.26. The largest absolute Gasteiger partial charge is 0.309 e. The molecule has 4 nitrogen and oxygen atoms in total. The van der Waals surface area contributed by atoms with Crippen molar-refractivity contribution in [2.45, 2.75) is 0 Å². The van der Waals surface area contributed by atoms with E-state index in [1.165, 1.54) is 43.4 Å². The molecule has 0 spiro atoms. The van der Waals surface area contributed by atoms with Gasteiger partial charge in [-0.1, -0.05) is 152 Å². The molecule has 0 radical (unpaired) electrons. The Balaban J connectivity index is 1.23. The monoisotopic (exact) mass is 700 g/mol. The lowest BCUT2D eigenvalue weighted by Gasteiger charge is -2.16. The maximum atomic E-state index is 5.18. The Morgan fingerprint density at radius 3 is 1.27 bits per heavy atom. The number of fused-ring (bicyclic) bond motifs is 6. The lowest BCUT2D eigenvalue weighted by Crippen LogP contribution is -2.02. The highest BCUT2D eigenvalue weighted by Crippen LogP contribution is 2.41. The van der Waals surface area contributed by atoms with Crippen LogP contribution in [0.15, 0.2) is 194 Å². The first-order valence-corrected chi connectivity index (χ1v) is 18.6. The molecular weight excluding hydrogens is 669 g/mol. The second kappa shape index (κ2) is 12.6. The minimum Gasteiger partial charge on any atom is -0.309 e. The van der Waals surface area contributed by atoms with Gasteiger partial charge >= 0.3 is 0 Å². The summed E-state index contributed by atoms with van der Waals surface area (Å²) in [7, 11) is 0. The second-order valence-corrected chi connectivity index (χ2v) is 14.1. The van der Waals surface area contributed by atoms with Gasteiger partial charge in [0.25, 0.3) is 0 Å². The van der Waals surface area contributed by atoms with Crippen LogP contribution < -0.4 is 0 Å². The molecular formula is C51H32N4. The van der Waals surface area contributed by atoms with Crippen LogP contribution in [0.5, 0.6) is 0 Å². The standard InChI is InChI=1S/C51H32N4/c1-4-14-33(15-5-1)40-24-25-41-43(28-40)42(51-53-49(34-16-6-2-7-17-34)52-50(54-51)35-18-8-3-9-19-35)26-27-46(41)55-47-31-38-22-12-10-20-36(38)29-44(47)45-30-37-21-11-13-23-39(37)32-48(45)55/h1-32H.